The molecular formula is C26H29N9O2. The Kier molecular flexibility index (Phi) is 6.25. The standard InChI is InChI=1S/C26H29N9O2/c1-17(2)37-25(36)32-26(3)7-9-34(10-8-26)22-6-5-18(12-28-22)23-24-19(11-27)13-30-35(24)16-21(31-23)20-14-29-33(4)15-20/h5-6,12-17H,7-10H2,1-4H3,(H,32,36). The number of carbonyl (C=O) groups excluding carboxylic acids is 1. The van der Waals surface area contributed by atoms with Crippen LogP contribution in [0.25, 0.3) is 28.0 Å². The fourth-order valence-corrected chi connectivity index (χ4v) is 4.55. The first-order chi connectivity index (χ1) is 17.7. The number of rotatable bonds is 5. The lowest BCUT2D eigenvalue weighted by Crippen LogP contribution is -2.54. The van der Waals surface area contributed by atoms with Gasteiger partial charge < -0.3 is 15.0 Å². The number of fused-ring (bicyclic) bond motifs is 1. The number of anilines is 1. The molecule has 1 N–H and O–H groups in total. The molecule has 11 nitrogen and oxygen atoms in total. The second-order valence-corrected chi connectivity index (χ2v) is 9.87. The fourth-order valence-electron chi connectivity index (χ4n) is 4.55. The van der Waals surface area contributed by atoms with Gasteiger partial charge in [0.2, 0.25) is 0 Å². The van der Waals surface area contributed by atoms with Gasteiger partial charge in [-0.25, -0.2) is 19.3 Å². The van der Waals surface area contributed by atoms with Crippen molar-refractivity contribution in [2.75, 3.05) is 18.0 Å². The van der Waals surface area contributed by atoms with Crippen molar-refractivity contribution < 1.29 is 9.53 Å². The summed E-state index contributed by atoms with van der Waals surface area (Å²) in [7, 11) is 1.85. The van der Waals surface area contributed by atoms with Crippen LogP contribution in [0.1, 0.15) is 39.2 Å². The molecular weight excluding hydrogens is 470 g/mol. The van der Waals surface area contributed by atoms with Crippen LogP contribution in [0.15, 0.2) is 43.1 Å². The molecule has 4 aromatic heterocycles. The molecule has 190 valence electrons. The summed E-state index contributed by atoms with van der Waals surface area (Å²) >= 11 is 0. The lowest BCUT2D eigenvalue weighted by atomic mass is 9.90. The minimum Gasteiger partial charge on any atom is -0.447 e. The average molecular weight is 500 g/mol. The van der Waals surface area contributed by atoms with Gasteiger partial charge in [-0.2, -0.15) is 15.5 Å². The van der Waals surface area contributed by atoms with Crippen molar-refractivity contribution >= 4 is 17.4 Å². The normalized spacial score (nSPS) is 15.1. The molecule has 4 aromatic rings. The Morgan fingerprint density at radius 3 is 2.54 bits per heavy atom. The van der Waals surface area contributed by atoms with Crippen LogP contribution < -0.4 is 10.2 Å². The molecule has 0 radical (unpaired) electrons. The van der Waals surface area contributed by atoms with Crippen molar-refractivity contribution in [2.45, 2.75) is 45.3 Å². The highest BCUT2D eigenvalue weighted by molar-refractivity contribution is 5.83. The Balaban J connectivity index is 1.38. The number of piperidine rings is 1. The average Bonchev–Trinajstić information content (AvgIpc) is 3.49. The van der Waals surface area contributed by atoms with Gasteiger partial charge in [-0.05, 0) is 45.7 Å². The van der Waals surface area contributed by atoms with Crippen LogP contribution in [0.5, 0.6) is 0 Å². The largest absolute Gasteiger partial charge is 0.447 e. The molecule has 0 bridgehead atoms. The van der Waals surface area contributed by atoms with Gasteiger partial charge in [-0.1, -0.05) is 0 Å². The zero-order valence-corrected chi connectivity index (χ0v) is 21.3. The number of ether oxygens (including phenoxy) is 1. The molecule has 5 rings (SSSR count). The second-order valence-electron chi connectivity index (χ2n) is 9.87. The fraction of sp³-hybridized carbons (Fsp3) is 0.385. The maximum absolute atomic E-state index is 12.1. The van der Waals surface area contributed by atoms with Crippen molar-refractivity contribution in [1.82, 2.24) is 34.7 Å². The zero-order valence-electron chi connectivity index (χ0n) is 21.3. The number of nitriles is 1. The first-order valence-corrected chi connectivity index (χ1v) is 12.2. The van der Waals surface area contributed by atoms with Gasteiger partial charge in [0.1, 0.15) is 23.0 Å². The van der Waals surface area contributed by atoms with E-state index in [2.05, 4.69) is 26.5 Å². The van der Waals surface area contributed by atoms with E-state index in [1.165, 1.54) is 0 Å². The summed E-state index contributed by atoms with van der Waals surface area (Å²) < 4.78 is 8.65. The van der Waals surface area contributed by atoms with Crippen molar-refractivity contribution in [1.29, 1.82) is 5.26 Å². The maximum atomic E-state index is 12.1. The molecule has 1 amide bonds. The van der Waals surface area contributed by atoms with Crippen LogP contribution in [-0.4, -0.2) is 60.2 Å². The number of hydrogen-bond donors (Lipinski definition) is 1. The van der Waals surface area contributed by atoms with Crippen LogP contribution in [0.2, 0.25) is 0 Å². The van der Waals surface area contributed by atoms with Crippen LogP contribution in [-0.2, 0) is 11.8 Å². The monoisotopic (exact) mass is 499 g/mol. The smallest absolute Gasteiger partial charge is 0.407 e. The number of hydrogen-bond acceptors (Lipinski definition) is 8. The molecule has 1 fully saturated rings. The molecule has 1 saturated heterocycles. The number of pyridine rings is 1. The molecule has 0 atom stereocenters. The predicted octanol–water partition coefficient (Wildman–Crippen LogP) is 3.56. The quantitative estimate of drug-likeness (QED) is 0.442. The highest BCUT2D eigenvalue weighted by atomic mass is 16.6. The highest BCUT2D eigenvalue weighted by Gasteiger charge is 2.32. The first-order valence-electron chi connectivity index (χ1n) is 12.2. The van der Waals surface area contributed by atoms with Crippen molar-refractivity contribution in [3.63, 3.8) is 0 Å². The molecule has 37 heavy (non-hydrogen) atoms. The molecule has 0 spiro atoms. The van der Waals surface area contributed by atoms with E-state index in [1.807, 2.05) is 46.1 Å². The van der Waals surface area contributed by atoms with Crippen molar-refractivity contribution in [3.05, 3.63) is 48.7 Å². The second kappa shape index (κ2) is 9.54. The van der Waals surface area contributed by atoms with Gasteiger partial charge >= 0.3 is 6.09 Å². The Morgan fingerprint density at radius 2 is 1.92 bits per heavy atom. The SMILES string of the molecule is CC(C)OC(=O)NC1(C)CCN(c2ccc(-c3nc(-c4cnn(C)c4)cn4ncc(C#N)c34)cn2)CC1. The Bertz CT molecular complexity index is 1470. The van der Waals surface area contributed by atoms with E-state index in [0.717, 1.165) is 42.9 Å². The summed E-state index contributed by atoms with van der Waals surface area (Å²) in [5.74, 6) is 0.851. The first kappa shape index (κ1) is 24.2. The van der Waals surface area contributed by atoms with E-state index in [0.29, 0.717) is 22.5 Å². The van der Waals surface area contributed by atoms with Gasteiger partial charge in [0.05, 0.1) is 36.1 Å². The summed E-state index contributed by atoms with van der Waals surface area (Å²) in [5.41, 5.74) is 3.74. The molecule has 0 aromatic carbocycles. The number of nitrogens with one attached hydrogen (secondary N) is 1. The number of amides is 1. The Morgan fingerprint density at radius 1 is 1.14 bits per heavy atom. The summed E-state index contributed by atoms with van der Waals surface area (Å²) in [6.07, 6.45) is 9.78. The minimum atomic E-state index is -0.377. The molecule has 11 heteroatoms. The van der Waals surface area contributed by atoms with Gasteiger partial charge in [0.15, 0.2) is 0 Å². The van der Waals surface area contributed by atoms with E-state index < -0.39 is 0 Å². The Labute approximate surface area is 214 Å². The molecule has 0 aliphatic carbocycles. The van der Waals surface area contributed by atoms with E-state index in [9.17, 15) is 10.1 Å². The van der Waals surface area contributed by atoms with Crippen LogP contribution in [0.3, 0.4) is 0 Å². The highest BCUT2D eigenvalue weighted by Crippen LogP contribution is 2.30. The van der Waals surface area contributed by atoms with Gasteiger partial charge in [-0.15, -0.1) is 0 Å². The number of carbonyl (C=O) groups is 1. The van der Waals surface area contributed by atoms with Gasteiger partial charge in [0, 0.05) is 49.2 Å². The number of aryl methyl sites for hydroxylation is 1. The molecule has 1 aliphatic heterocycles. The van der Waals surface area contributed by atoms with E-state index in [1.54, 1.807) is 34.0 Å². The maximum Gasteiger partial charge on any atom is 0.407 e. The molecule has 1 aliphatic rings. The van der Waals surface area contributed by atoms with Crippen molar-refractivity contribution in [3.8, 4) is 28.6 Å². The van der Waals surface area contributed by atoms with E-state index in [-0.39, 0.29) is 17.7 Å². The van der Waals surface area contributed by atoms with E-state index in [4.69, 9.17) is 14.7 Å². The summed E-state index contributed by atoms with van der Waals surface area (Å²) in [4.78, 5) is 23.9. The van der Waals surface area contributed by atoms with Crippen molar-refractivity contribution in [2.24, 2.45) is 7.05 Å². The number of alkyl carbamates (subject to hydrolysis) is 1. The summed E-state index contributed by atoms with van der Waals surface area (Å²) in [6, 6.07) is 6.15. The van der Waals surface area contributed by atoms with Crippen LogP contribution >= 0.6 is 0 Å². The number of aromatic nitrogens is 6. The van der Waals surface area contributed by atoms with Gasteiger partial charge in [0.25, 0.3) is 0 Å². The third-order valence-corrected chi connectivity index (χ3v) is 6.58. The molecule has 5 heterocycles. The lowest BCUT2D eigenvalue weighted by Gasteiger charge is -2.40. The minimum absolute atomic E-state index is 0.154. The lowest BCUT2D eigenvalue weighted by molar-refractivity contribution is 0.102. The van der Waals surface area contributed by atoms with Crippen LogP contribution in [0.4, 0.5) is 10.6 Å². The Hall–Kier alpha value is -4.46. The topological polar surface area (TPSA) is 126 Å². The summed E-state index contributed by atoms with van der Waals surface area (Å²) in [6.45, 7) is 7.23. The predicted molar refractivity (Wildman–Crippen MR) is 138 cm³/mol. The third kappa shape index (κ3) is 4.95. The molecule has 0 saturated carbocycles. The van der Waals surface area contributed by atoms with Crippen LogP contribution in [0, 0.1) is 11.3 Å². The number of nitrogens with zero attached hydrogens (tertiary/aromatic N) is 8. The van der Waals surface area contributed by atoms with E-state index >= 15 is 0 Å². The third-order valence-electron chi connectivity index (χ3n) is 6.58. The zero-order chi connectivity index (χ0) is 26.2. The van der Waals surface area contributed by atoms with Gasteiger partial charge in [-0.3, -0.25) is 4.68 Å². The molecule has 0 unspecified atom stereocenters. The summed E-state index contributed by atoms with van der Waals surface area (Å²) in [5, 5.41) is 21.3.